The van der Waals surface area contributed by atoms with Crippen LogP contribution < -0.4 is 9.47 Å². The molecule has 2 unspecified atom stereocenters. The maximum Gasteiger partial charge on any atom is 0.335 e. The van der Waals surface area contributed by atoms with E-state index in [-0.39, 0.29) is 19.3 Å². The van der Waals surface area contributed by atoms with Gasteiger partial charge in [-0.2, -0.15) is 0 Å². The van der Waals surface area contributed by atoms with Crippen LogP contribution in [0.2, 0.25) is 10.0 Å². The van der Waals surface area contributed by atoms with E-state index < -0.39 is 18.2 Å². The lowest BCUT2D eigenvalue weighted by Gasteiger charge is -2.19. The monoisotopic (exact) mass is 470 g/mol. The second kappa shape index (κ2) is 12.8. The molecule has 2 atom stereocenters. The van der Waals surface area contributed by atoms with Crippen LogP contribution in [0.5, 0.6) is 11.5 Å². The van der Waals surface area contributed by atoms with Crippen molar-refractivity contribution in [2.24, 2.45) is 0 Å². The first-order chi connectivity index (χ1) is 14.8. The van der Waals surface area contributed by atoms with Gasteiger partial charge in [-0.15, -0.1) is 0 Å². The minimum Gasteiger partial charge on any atom is -0.491 e. The molecular formula is C23H28Cl2O6. The van der Waals surface area contributed by atoms with Crippen LogP contribution in [0.15, 0.2) is 42.5 Å². The molecule has 0 spiro atoms. The molecule has 0 bridgehead atoms. The Morgan fingerprint density at radius 3 is 2.48 bits per heavy atom. The number of hydrogen-bond donors (Lipinski definition) is 1. The standard InChI is InChI=1S/C23H28Cl2O6/c1-4-28-23(27)22(31-15(2)3)11-16-6-5-7-19(10-16)29-13-18(26)14-30-21-9-8-17(24)12-20(21)25/h5-10,12,15,18,22,26H,4,11,13-14H2,1-3H3. The molecule has 2 aromatic rings. The zero-order valence-electron chi connectivity index (χ0n) is 17.8. The summed E-state index contributed by atoms with van der Waals surface area (Å²) in [5, 5.41) is 11.0. The Morgan fingerprint density at radius 2 is 1.81 bits per heavy atom. The second-order valence-electron chi connectivity index (χ2n) is 7.13. The molecule has 8 heteroatoms. The minimum absolute atomic E-state index is 0.00814. The molecule has 0 saturated heterocycles. The molecule has 0 aliphatic carbocycles. The van der Waals surface area contributed by atoms with Crippen molar-refractivity contribution in [2.45, 2.75) is 45.5 Å². The molecule has 31 heavy (non-hydrogen) atoms. The topological polar surface area (TPSA) is 74.2 Å². The van der Waals surface area contributed by atoms with E-state index in [1.807, 2.05) is 26.0 Å². The van der Waals surface area contributed by atoms with Crippen LogP contribution in [0, 0.1) is 0 Å². The van der Waals surface area contributed by atoms with Crippen molar-refractivity contribution in [3.63, 3.8) is 0 Å². The Labute approximate surface area is 193 Å². The number of esters is 1. The van der Waals surface area contributed by atoms with E-state index in [1.54, 1.807) is 37.3 Å². The summed E-state index contributed by atoms with van der Waals surface area (Å²) in [4.78, 5) is 12.2. The number of rotatable bonds is 12. The van der Waals surface area contributed by atoms with E-state index in [1.165, 1.54) is 0 Å². The summed E-state index contributed by atoms with van der Waals surface area (Å²) in [7, 11) is 0. The van der Waals surface area contributed by atoms with Crippen LogP contribution in [0.4, 0.5) is 0 Å². The number of ether oxygens (including phenoxy) is 4. The second-order valence-corrected chi connectivity index (χ2v) is 7.97. The van der Waals surface area contributed by atoms with Crippen LogP contribution >= 0.6 is 23.2 Å². The molecule has 0 aromatic heterocycles. The number of aliphatic hydroxyl groups is 1. The van der Waals surface area contributed by atoms with Gasteiger partial charge in [0.1, 0.15) is 30.8 Å². The average Bonchev–Trinajstić information content (AvgIpc) is 2.71. The zero-order chi connectivity index (χ0) is 22.8. The molecule has 0 amide bonds. The predicted octanol–water partition coefficient (Wildman–Crippen LogP) is 4.71. The van der Waals surface area contributed by atoms with Gasteiger partial charge in [-0.1, -0.05) is 35.3 Å². The minimum atomic E-state index is -0.869. The van der Waals surface area contributed by atoms with Gasteiger partial charge in [0.15, 0.2) is 6.10 Å². The molecule has 2 rings (SSSR count). The fourth-order valence-electron chi connectivity index (χ4n) is 2.75. The highest BCUT2D eigenvalue weighted by Gasteiger charge is 2.22. The summed E-state index contributed by atoms with van der Waals surface area (Å²) < 4.78 is 22.0. The van der Waals surface area contributed by atoms with Gasteiger partial charge in [0.25, 0.3) is 0 Å². The van der Waals surface area contributed by atoms with Crippen molar-refractivity contribution >= 4 is 29.2 Å². The van der Waals surface area contributed by atoms with Crippen molar-refractivity contribution < 1.29 is 28.8 Å². The number of carbonyl (C=O) groups is 1. The lowest BCUT2D eigenvalue weighted by molar-refractivity contribution is -0.159. The molecule has 0 radical (unpaired) electrons. The molecule has 2 aromatic carbocycles. The van der Waals surface area contributed by atoms with E-state index in [0.29, 0.717) is 34.6 Å². The van der Waals surface area contributed by atoms with Crippen molar-refractivity contribution in [1.82, 2.24) is 0 Å². The quantitative estimate of drug-likeness (QED) is 0.452. The summed E-state index contributed by atoms with van der Waals surface area (Å²) in [5.74, 6) is 0.603. The van der Waals surface area contributed by atoms with Crippen molar-refractivity contribution in [3.8, 4) is 11.5 Å². The number of halogens is 2. The van der Waals surface area contributed by atoms with E-state index in [2.05, 4.69) is 0 Å². The lowest BCUT2D eigenvalue weighted by atomic mass is 10.1. The summed E-state index contributed by atoms with van der Waals surface area (Å²) in [6.45, 7) is 5.82. The summed E-state index contributed by atoms with van der Waals surface area (Å²) in [5.41, 5.74) is 0.856. The molecule has 0 fully saturated rings. The van der Waals surface area contributed by atoms with E-state index in [0.717, 1.165) is 5.56 Å². The third-order valence-electron chi connectivity index (χ3n) is 4.07. The van der Waals surface area contributed by atoms with Gasteiger partial charge in [0.05, 0.1) is 17.7 Å². The SMILES string of the molecule is CCOC(=O)C(Cc1cccc(OCC(O)COc2ccc(Cl)cc2Cl)c1)OC(C)C. The first-order valence-electron chi connectivity index (χ1n) is 10.1. The molecule has 6 nitrogen and oxygen atoms in total. The fourth-order valence-corrected chi connectivity index (χ4v) is 3.21. The number of aliphatic hydroxyl groups excluding tert-OH is 1. The smallest absolute Gasteiger partial charge is 0.335 e. The molecule has 170 valence electrons. The Bertz CT molecular complexity index is 843. The highest BCUT2D eigenvalue weighted by Crippen LogP contribution is 2.27. The van der Waals surface area contributed by atoms with Gasteiger partial charge < -0.3 is 24.1 Å². The van der Waals surface area contributed by atoms with Crippen LogP contribution in [-0.4, -0.2) is 49.2 Å². The molecule has 0 heterocycles. The van der Waals surface area contributed by atoms with Crippen molar-refractivity contribution in [1.29, 1.82) is 0 Å². The fraction of sp³-hybridized carbons (Fsp3) is 0.435. The van der Waals surface area contributed by atoms with Crippen LogP contribution in [0.3, 0.4) is 0 Å². The van der Waals surface area contributed by atoms with Crippen molar-refractivity contribution in [2.75, 3.05) is 19.8 Å². The number of benzene rings is 2. The molecular weight excluding hydrogens is 443 g/mol. The highest BCUT2D eigenvalue weighted by atomic mass is 35.5. The average molecular weight is 471 g/mol. The van der Waals surface area contributed by atoms with Crippen molar-refractivity contribution in [3.05, 3.63) is 58.1 Å². The summed E-state index contributed by atoms with van der Waals surface area (Å²) >= 11 is 11.9. The van der Waals surface area contributed by atoms with Gasteiger partial charge in [-0.3, -0.25) is 0 Å². The van der Waals surface area contributed by atoms with Gasteiger partial charge in [0.2, 0.25) is 0 Å². The maximum atomic E-state index is 12.2. The predicted molar refractivity (Wildman–Crippen MR) is 120 cm³/mol. The highest BCUT2D eigenvalue weighted by molar-refractivity contribution is 6.35. The zero-order valence-corrected chi connectivity index (χ0v) is 19.4. The van der Waals surface area contributed by atoms with Crippen LogP contribution in [-0.2, 0) is 20.7 Å². The Hall–Kier alpha value is -1.99. The van der Waals surface area contributed by atoms with Gasteiger partial charge in [-0.05, 0) is 56.7 Å². The molecule has 0 aliphatic rings. The normalized spacial score (nSPS) is 13.0. The largest absolute Gasteiger partial charge is 0.491 e. The number of hydrogen-bond acceptors (Lipinski definition) is 6. The first-order valence-corrected chi connectivity index (χ1v) is 10.8. The van der Waals surface area contributed by atoms with E-state index in [9.17, 15) is 9.90 Å². The Morgan fingerprint density at radius 1 is 1.06 bits per heavy atom. The molecule has 1 N–H and O–H groups in total. The molecule has 0 aliphatic heterocycles. The first kappa shape index (κ1) is 25.3. The Kier molecular flexibility index (Phi) is 10.4. The lowest BCUT2D eigenvalue weighted by Crippen LogP contribution is -2.31. The van der Waals surface area contributed by atoms with Crippen LogP contribution in [0.1, 0.15) is 26.3 Å². The third-order valence-corrected chi connectivity index (χ3v) is 4.60. The third kappa shape index (κ3) is 8.95. The van der Waals surface area contributed by atoms with Gasteiger partial charge in [0, 0.05) is 11.4 Å². The van der Waals surface area contributed by atoms with E-state index >= 15 is 0 Å². The van der Waals surface area contributed by atoms with Crippen LogP contribution in [0.25, 0.3) is 0 Å². The van der Waals surface area contributed by atoms with Gasteiger partial charge >= 0.3 is 5.97 Å². The maximum absolute atomic E-state index is 12.2. The summed E-state index contributed by atoms with van der Waals surface area (Å²) in [6, 6.07) is 12.1. The Balaban J connectivity index is 1.89. The summed E-state index contributed by atoms with van der Waals surface area (Å²) in [6.07, 6.45) is -1.32. The number of carbonyl (C=O) groups excluding carboxylic acids is 1. The molecule has 0 saturated carbocycles. The van der Waals surface area contributed by atoms with E-state index in [4.69, 9.17) is 42.1 Å². The van der Waals surface area contributed by atoms with Gasteiger partial charge in [-0.25, -0.2) is 4.79 Å².